The van der Waals surface area contributed by atoms with E-state index in [0.29, 0.717) is 16.7 Å². The van der Waals surface area contributed by atoms with Gasteiger partial charge < -0.3 is 5.32 Å². The van der Waals surface area contributed by atoms with Gasteiger partial charge in [-0.25, -0.2) is 18.4 Å². The van der Waals surface area contributed by atoms with Crippen LogP contribution >= 0.6 is 11.6 Å². The van der Waals surface area contributed by atoms with E-state index in [1.165, 1.54) is 12.1 Å². The molecule has 0 spiro atoms. The van der Waals surface area contributed by atoms with Gasteiger partial charge in [0.1, 0.15) is 6.54 Å². The van der Waals surface area contributed by atoms with E-state index < -0.39 is 9.84 Å². The Morgan fingerprint density at radius 3 is 2.09 bits per heavy atom. The van der Waals surface area contributed by atoms with E-state index in [1.807, 2.05) is 12.1 Å². The van der Waals surface area contributed by atoms with Crippen LogP contribution in [0.25, 0.3) is 11.3 Å². The van der Waals surface area contributed by atoms with Crippen LogP contribution in [0.5, 0.6) is 0 Å². The molecule has 160 valence electrons. The van der Waals surface area contributed by atoms with Crippen LogP contribution < -0.4 is 5.32 Å². The number of anilines is 2. The Morgan fingerprint density at radius 2 is 1.47 bits per heavy atom. The molecule has 0 unspecified atom stereocenters. The summed E-state index contributed by atoms with van der Waals surface area (Å²) in [6.07, 6.45) is 1.62. The summed E-state index contributed by atoms with van der Waals surface area (Å²) in [5, 5.41) is 6.45. The normalized spacial score (nSPS) is 11.2. The van der Waals surface area contributed by atoms with Crippen molar-refractivity contribution in [2.24, 2.45) is 5.18 Å². The van der Waals surface area contributed by atoms with Crippen molar-refractivity contribution < 1.29 is 8.42 Å². The Bertz CT molecular complexity index is 1340. The number of rotatable bonds is 7. The summed E-state index contributed by atoms with van der Waals surface area (Å²) in [6.45, 7) is 0.121. The molecule has 0 saturated carbocycles. The topological polar surface area (TPSA) is 101 Å². The first-order valence-electron chi connectivity index (χ1n) is 9.55. The lowest BCUT2D eigenvalue weighted by atomic mass is 10.1. The van der Waals surface area contributed by atoms with Crippen LogP contribution in [-0.2, 0) is 16.4 Å². The van der Waals surface area contributed by atoms with E-state index in [-0.39, 0.29) is 16.3 Å². The van der Waals surface area contributed by atoms with Gasteiger partial charge in [-0.3, -0.25) is 0 Å². The largest absolute Gasteiger partial charge is 0.324 e. The molecule has 1 aromatic heterocycles. The third-order valence-corrected chi connectivity index (χ3v) is 6.73. The zero-order valence-corrected chi connectivity index (χ0v) is 18.2. The number of nitrogens with zero attached hydrogens (tertiary/aromatic N) is 3. The molecule has 3 aromatic carbocycles. The highest BCUT2D eigenvalue weighted by Crippen LogP contribution is 2.26. The van der Waals surface area contributed by atoms with Gasteiger partial charge in [0.15, 0.2) is 0 Å². The molecule has 0 aliphatic carbocycles. The van der Waals surface area contributed by atoms with Gasteiger partial charge in [0, 0.05) is 22.5 Å². The van der Waals surface area contributed by atoms with Gasteiger partial charge in [0.05, 0.1) is 15.5 Å². The van der Waals surface area contributed by atoms with E-state index in [9.17, 15) is 13.3 Å². The Labute approximate surface area is 190 Å². The highest BCUT2D eigenvalue weighted by Gasteiger charge is 2.17. The number of benzene rings is 3. The van der Waals surface area contributed by atoms with Crippen LogP contribution in [0.2, 0.25) is 5.02 Å². The first-order chi connectivity index (χ1) is 15.5. The number of aromatic nitrogens is 2. The molecule has 0 aliphatic heterocycles. The van der Waals surface area contributed by atoms with Gasteiger partial charge in [-0.2, -0.15) is 4.91 Å². The molecule has 32 heavy (non-hydrogen) atoms. The minimum absolute atomic E-state index is 0.121. The first-order valence-corrected chi connectivity index (χ1v) is 11.4. The molecule has 7 nitrogen and oxygen atoms in total. The fourth-order valence-electron chi connectivity index (χ4n) is 3.03. The fraction of sp³-hybridized carbons (Fsp3) is 0.0435. The molecule has 0 fully saturated rings. The highest BCUT2D eigenvalue weighted by atomic mass is 35.5. The Balaban J connectivity index is 1.54. The average Bonchev–Trinajstić information content (AvgIpc) is 2.81. The second kappa shape index (κ2) is 9.25. The van der Waals surface area contributed by atoms with Gasteiger partial charge in [-0.05, 0) is 60.2 Å². The van der Waals surface area contributed by atoms with Crippen molar-refractivity contribution in [1.29, 1.82) is 0 Å². The summed E-state index contributed by atoms with van der Waals surface area (Å²) < 4.78 is 25.6. The summed E-state index contributed by atoms with van der Waals surface area (Å²) in [5.74, 6) is 0.390. The smallest absolute Gasteiger partial charge is 0.227 e. The van der Waals surface area contributed by atoms with Crippen molar-refractivity contribution in [3.8, 4) is 11.3 Å². The lowest BCUT2D eigenvalue weighted by molar-refractivity contribution is 0.596. The zero-order valence-electron chi connectivity index (χ0n) is 16.6. The molecule has 4 rings (SSSR count). The van der Waals surface area contributed by atoms with E-state index in [0.717, 1.165) is 16.8 Å². The highest BCUT2D eigenvalue weighted by molar-refractivity contribution is 7.91. The molecule has 1 N–H and O–H groups in total. The van der Waals surface area contributed by atoms with E-state index in [2.05, 4.69) is 20.5 Å². The third-order valence-electron chi connectivity index (χ3n) is 4.70. The Morgan fingerprint density at radius 1 is 0.844 bits per heavy atom. The van der Waals surface area contributed by atoms with Gasteiger partial charge in [0.25, 0.3) is 0 Å². The predicted molar refractivity (Wildman–Crippen MR) is 124 cm³/mol. The van der Waals surface area contributed by atoms with Crippen molar-refractivity contribution in [1.82, 2.24) is 9.97 Å². The number of halogens is 1. The van der Waals surface area contributed by atoms with Crippen LogP contribution in [-0.4, -0.2) is 18.4 Å². The summed E-state index contributed by atoms with van der Waals surface area (Å²) in [6, 6.07) is 21.5. The Hall–Kier alpha value is -3.62. The Kier molecular flexibility index (Phi) is 6.25. The molecule has 0 atom stereocenters. The van der Waals surface area contributed by atoms with Crippen molar-refractivity contribution in [3.63, 3.8) is 0 Å². The molecule has 9 heteroatoms. The first kappa shape index (κ1) is 21.6. The second-order valence-electron chi connectivity index (χ2n) is 6.86. The molecule has 0 radical (unpaired) electrons. The molecular weight excluding hydrogens is 448 g/mol. The van der Waals surface area contributed by atoms with Crippen LogP contribution in [0, 0.1) is 4.91 Å². The van der Waals surface area contributed by atoms with E-state index >= 15 is 0 Å². The third kappa shape index (κ3) is 4.82. The van der Waals surface area contributed by atoms with Gasteiger partial charge in [-0.1, -0.05) is 41.0 Å². The number of nitrogens with one attached hydrogen (secondary N) is 1. The monoisotopic (exact) mass is 464 g/mol. The maximum Gasteiger partial charge on any atom is 0.227 e. The SMILES string of the molecule is O=NCc1ccc(Nc2nccc(-c3ccc(S(=O)(=O)c4ccc(Cl)cc4)cc3)n2)cc1. The molecule has 0 saturated heterocycles. The zero-order chi connectivity index (χ0) is 22.6. The van der Waals surface area contributed by atoms with Crippen molar-refractivity contribution in [3.05, 3.63) is 101 Å². The summed E-state index contributed by atoms with van der Waals surface area (Å²) in [5.41, 5.74) is 2.97. The molecule has 0 bridgehead atoms. The molecule has 0 amide bonds. The maximum atomic E-state index is 12.8. The summed E-state index contributed by atoms with van der Waals surface area (Å²) >= 11 is 5.85. The van der Waals surface area contributed by atoms with Gasteiger partial charge in [-0.15, -0.1) is 0 Å². The number of hydrogen-bond acceptors (Lipinski definition) is 7. The number of nitroso groups, excluding NO2 is 1. The molecule has 0 aliphatic rings. The van der Waals surface area contributed by atoms with Crippen molar-refractivity contribution >= 4 is 33.1 Å². The van der Waals surface area contributed by atoms with Crippen LogP contribution in [0.1, 0.15) is 5.56 Å². The maximum absolute atomic E-state index is 12.8. The number of sulfone groups is 1. The summed E-state index contributed by atoms with van der Waals surface area (Å²) in [4.78, 5) is 19.4. The van der Waals surface area contributed by atoms with Gasteiger partial charge in [0.2, 0.25) is 15.8 Å². The minimum atomic E-state index is -3.64. The average molecular weight is 465 g/mol. The van der Waals surface area contributed by atoms with Crippen LogP contribution in [0.15, 0.2) is 100 Å². The second-order valence-corrected chi connectivity index (χ2v) is 9.24. The van der Waals surface area contributed by atoms with E-state index in [4.69, 9.17) is 11.6 Å². The van der Waals surface area contributed by atoms with Crippen LogP contribution in [0.4, 0.5) is 11.6 Å². The van der Waals surface area contributed by atoms with Crippen LogP contribution in [0.3, 0.4) is 0 Å². The predicted octanol–water partition coefficient (Wildman–Crippen LogP) is 5.64. The lowest BCUT2D eigenvalue weighted by Gasteiger charge is -2.08. The van der Waals surface area contributed by atoms with Crippen molar-refractivity contribution in [2.45, 2.75) is 16.3 Å². The number of hydrogen-bond donors (Lipinski definition) is 1. The minimum Gasteiger partial charge on any atom is -0.324 e. The van der Waals surface area contributed by atoms with Gasteiger partial charge >= 0.3 is 0 Å². The standard InChI is InChI=1S/C23H17ClN4O3S/c24-18-5-11-21(12-6-18)32(30,31)20-9-3-17(4-10-20)22-13-14-25-23(28-22)27-19-7-1-16(2-8-19)15-26-29/h1-14H,15H2,(H,25,27,28). The molecule has 1 heterocycles. The molecule has 4 aromatic rings. The summed E-state index contributed by atoms with van der Waals surface area (Å²) in [7, 11) is -3.64. The quantitative estimate of drug-likeness (QED) is 0.355. The molecular formula is C23H17ClN4O3S. The van der Waals surface area contributed by atoms with Crippen molar-refractivity contribution in [2.75, 3.05) is 5.32 Å². The lowest BCUT2D eigenvalue weighted by Crippen LogP contribution is -2.02. The van der Waals surface area contributed by atoms with E-state index in [1.54, 1.807) is 60.8 Å². The fourth-order valence-corrected chi connectivity index (χ4v) is 4.42.